The van der Waals surface area contributed by atoms with Crippen molar-refractivity contribution in [1.29, 1.82) is 0 Å². The molecule has 2 aromatic carbocycles. The SMILES string of the molecule is C[C@@H](CCc1ccccc1)N1C(=O)[C@H](Cc2ccccc2)NC12CCN(C(=O)c1cccs1)CC2. The van der Waals surface area contributed by atoms with Crippen LogP contribution in [0.4, 0.5) is 0 Å². The maximum atomic E-state index is 13.8. The fraction of sp³-hybridized carbons (Fsp3) is 0.379. The van der Waals surface area contributed by atoms with Crippen LogP contribution in [0.3, 0.4) is 0 Å². The summed E-state index contributed by atoms with van der Waals surface area (Å²) in [5.41, 5.74) is 2.06. The van der Waals surface area contributed by atoms with Gasteiger partial charge in [0.1, 0.15) is 0 Å². The van der Waals surface area contributed by atoms with Gasteiger partial charge in [-0.1, -0.05) is 66.7 Å². The van der Waals surface area contributed by atoms with Crippen molar-refractivity contribution in [3.63, 3.8) is 0 Å². The Morgan fingerprint density at radius 2 is 1.66 bits per heavy atom. The monoisotopic (exact) mass is 487 g/mol. The molecule has 1 spiro atoms. The van der Waals surface area contributed by atoms with E-state index in [4.69, 9.17) is 0 Å². The van der Waals surface area contributed by atoms with Crippen molar-refractivity contribution in [2.75, 3.05) is 13.1 Å². The van der Waals surface area contributed by atoms with Crippen LogP contribution in [0.1, 0.15) is 47.0 Å². The second-order valence-electron chi connectivity index (χ2n) is 9.77. The van der Waals surface area contributed by atoms with Gasteiger partial charge in [0.2, 0.25) is 5.91 Å². The third-order valence-corrected chi connectivity index (χ3v) is 8.32. The molecule has 0 saturated carbocycles. The number of carbonyl (C=O) groups excluding carboxylic acids is 2. The summed E-state index contributed by atoms with van der Waals surface area (Å²) in [6.07, 6.45) is 4.03. The van der Waals surface area contributed by atoms with Crippen LogP contribution in [-0.2, 0) is 17.6 Å². The van der Waals surface area contributed by atoms with Gasteiger partial charge in [0.15, 0.2) is 0 Å². The van der Waals surface area contributed by atoms with E-state index in [0.29, 0.717) is 19.5 Å². The zero-order valence-electron chi connectivity index (χ0n) is 20.2. The highest BCUT2D eigenvalue weighted by Crippen LogP contribution is 2.36. The van der Waals surface area contributed by atoms with Gasteiger partial charge in [0, 0.05) is 32.0 Å². The van der Waals surface area contributed by atoms with Gasteiger partial charge in [-0.15, -0.1) is 11.3 Å². The Morgan fingerprint density at radius 1 is 1.00 bits per heavy atom. The average Bonchev–Trinajstić information content (AvgIpc) is 3.51. The Bertz CT molecular complexity index is 1130. The van der Waals surface area contributed by atoms with Crippen LogP contribution in [0.2, 0.25) is 0 Å². The Kier molecular flexibility index (Phi) is 7.02. The highest BCUT2D eigenvalue weighted by atomic mass is 32.1. The van der Waals surface area contributed by atoms with E-state index in [1.165, 1.54) is 16.9 Å². The maximum absolute atomic E-state index is 13.8. The minimum Gasteiger partial charge on any atom is -0.338 e. The number of thiophene rings is 1. The number of amides is 2. The van der Waals surface area contributed by atoms with Crippen molar-refractivity contribution >= 4 is 23.2 Å². The number of hydrogen-bond acceptors (Lipinski definition) is 4. The van der Waals surface area contributed by atoms with E-state index in [9.17, 15) is 9.59 Å². The molecule has 0 radical (unpaired) electrons. The standard InChI is InChI=1S/C29H33N3O2S/c1-22(14-15-23-9-4-2-5-10-23)32-27(33)25(21-24-11-6-3-7-12-24)30-29(32)16-18-31(19-17-29)28(34)26-13-8-20-35-26/h2-13,20,22,25,30H,14-19,21H2,1H3/t22-,25-/m0/s1. The second kappa shape index (κ2) is 10.3. The van der Waals surface area contributed by atoms with Crippen LogP contribution in [0.25, 0.3) is 0 Å². The Labute approximate surface area is 211 Å². The smallest absolute Gasteiger partial charge is 0.263 e. The quantitative estimate of drug-likeness (QED) is 0.524. The molecule has 2 amide bonds. The van der Waals surface area contributed by atoms with Gasteiger partial charge >= 0.3 is 0 Å². The first-order valence-corrected chi connectivity index (χ1v) is 13.5. The van der Waals surface area contributed by atoms with E-state index >= 15 is 0 Å². The minimum absolute atomic E-state index is 0.101. The first kappa shape index (κ1) is 23.8. The van der Waals surface area contributed by atoms with Gasteiger partial charge in [-0.3, -0.25) is 14.9 Å². The number of hydrogen-bond donors (Lipinski definition) is 1. The number of nitrogens with one attached hydrogen (secondary N) is 1. The summed E-state index contributed by atoms with van der Waals surface area (Å²) in [6, 6.07) is 24.4. The largest absolute Gasteiger partial charge is 0.338 e. The van der Waals surface area contributed by atoms with E-state index in [2.05, 4.69) is 53.5 Å². The molecule has 6 heteroatoms. The van der Waals surface area contributed by atoms with Gasteiger partial charge in [-0.25, -0.2) is 0 Å². The second-order valence-corrected chi connectivity index (χ2v) is 10.7. The third kappa shape index (κ3) is 5.04. The molecule has 5 nitrogen and oxygen atoms in total. The summed E-state index contributed by atoms with van der Waals surface area (Å²) < 4.78 is 0. The van der Waals surface area contributed by atoms with Gasteiger partial charge in [0.25, 0.3) is 5.91 Å². The number of piperidine rings is 1. The van der Waals surface area contributed by atoms with Gasteiger partial charge < -0.3 is 9.80 Å². The minimum atomic E-state index is -0.404. The molecule has 1 aromatic heterocycles. The predicted octanol–water partition coefficient (Wildman–Crippen LogP) is 4.74. The molecular formula is C29H33N3O2S. The molecule has 2 fully saturated rings. The lowest BCUT2D eigenvalue weighted by atomic mass is 9.93. The summed E-state index contributed by atoms with van der Waals surface area (Å²) >= 11 is 1.49. The highest BCUT2D eigenvalue weighted by molar-refractivity contribution is 7.12. The number of rotatable bonds is 7. The molecule has 2 aliphatic heterocycles. The molecule has 0 aliphatic carbocycles. The Hall–Kier alpha value is -2.96. The Morgan fingerprint density at radius 3 is 2.29 bits per heavy atom. The number of benzene rings is 2. The lowest BCUT2D eigenvalue weighted by Gasteiger charge is -2.47. The molecule has 182 valence electrons. The van der Waals surface area contributed by atoms with E-state index in [1.807, 2.05) is 46.7 Å². The molecule has 3 heterocycles. The van der Waals surface area contributed by atoms with E-state index < -0.39 is 5.66 Å². The van der Waals surface area contributed by atoms with Crippen LogP contribution in [0.5, 0.6) is 0 Å². The highest BCUT2D eigenvalue weighted by Gasteiger charge is 2.53. The topological polar surface area (TPSA) is 52.7 Å². The fourth-order valence-corrected chi connectivity index (χ4v) is 6.32. The number of aryl methyl sites for hydroxylation is 1. The van der Waals surface area contributed by atoms with Crippen molar-refractivity contribution in [1.82, 2.24) is 15.1 Å². The third-order valence-electron chi connectivity index (χ3n) is 7.47. The number of likely N-dealkylation sites (tertiary alicyclic amines) is 1. The van der Waals surface area contributed by atoms with E-state index in [1.54, 1.807) is 0 Å². The van der Waals surface area contributed by atoms with E-state index in [0.717, 1.165) is 36.1 Å². The van der Waals surface area contributed by atoms with Crippen molar-refractivity contribution in [2.24, 2.45) is 0 Å². The molecule has 35 heavy (non-hydrogen) atoms. The summed E-state index contributed by atoms with van der Waals surface area (Å²) in [4.78, 5) is 31.6. The predicted molar refractivity (Wildman–Crippen MR) is 140 cm³/mol. The van der Waals surface area contributed by atoms with Crippen LogP contribution < -0.4 is 5.32 Å². The molecule has 0 bridgehead atoms. The normalized spacial score (nSPS) is 20.4. The van der Waals surface area contributed by atoms with Gasteiger partial charge in [0.05, 0.1) is 16.6 Å². The zero-order chi connectivity index (χ0) is 24.3. The van der Waals surface area contributed by atoms with Crippen molar-refractivity contribution in [3.05, 3.63) is 94.2 Å². The summed E-state index contributed by atoms with van der Waals surface area (Å²) in [5.74, 6) is 0.288. The van der Waals surface area contributed by atoms with Crippen molar-refractivity contribution in [2.45, 2.75) is 56.8 Å². The van der Waals surface area contributed by atoms with Gasteiger partial charge in [-0.2, -0.15) is 0 Å². The summed E-state index contributed by atoms with van der Waals surface area (Å²) in [6.45, 7) is 3.48. The maximum Gasteiger partial charge on any atom is 0.263 e. The van der Waals surface area contributed by atoms with Crippen LogP contribution in [0, 0.1) is 0 Å². The molecule has 3 aromatic rings. The first-order valence-electron chi connectivity index (χ1n) is 12.6. The molecule has 2 saturated heterocycles. The average molecular weight is 488 g/mol. The summed E-state index contributed by atoms with van der Waals surface area (Å²) in [5, 5.41) is 5.71. The van der Waals surface area contributed by atoms with Crippen molar-refractivity contribution in [3.8, 4) is 0 Å². The molecule has 0 unspecified atom stereocenters. The molecule has 5 rings (SSSR count). The lowest BCUT2D eigenvalue weighted by molar-refractivity contribution is -0.136. The molecule has 2 aliphatic rings. The summed E-state index contributed by atoms with van der Waals surface area (Å²) in [7, 11) is 0. The van der Waals surface area contributed by atoms with Crippen LogP contribution >= 0.6 is 11.3 Å². The molecular weight excluding hydrogens is 454 g/mol. The number of carbonyl (C=O) groups is 2. The van der Waals surface area contributed by atoms with Crippen LogP contribution in [-0.4, -0.2) is 52.5 Å². The van der Waals surface area contributed by atoms with Gasteiger partial charge in [-0.05, 0) is 48.8 Å². The fourth-order valence-electron chi connectivity index (χ4n) is 5.63. The molecule has 2 atom stereocenters. The van der Waals surface area contributed by atoms with Crippen LogP contribution in [0.15, 0.2) is 78.2 Å². The van der Waals surface area contributed by atoms with Crippen molar-refractivity contribution < 1.29 is 9.59 Å². The zero-order valence-corrected chi connectivity index (χ0v) is 21.0. The van der Waals surface area contributed by atoms with E-state index in [-0.39, 0.29) is 23.9 Å². The Balaban J connectivity index is 1.34. The number of nitrogens with zero attached hydrogens (tertiary/aromatic N) is 2. The molecule has 1 N–H and O–H groups in total. The lowest BCUT2D eigenvalue weighted by Crippen LogP contribution is -2.61. The first-order chi connectivity index (χ1) is 17.1.